The summed E-state index contributed by atoms with van der Waals surface area (Å²) in [5, 5.41) is 14.4. The van der Waals surface area contributed by atoms with Crippen LogP contribution in [0.5, 0.6) is 0 Å². The second-order valence-electron chi connectivity index (χ2n) is 10.9. The summed E-state index contributed by atoms with van der Waals surface area (Å²) in [6, 6.07) is 31.8. The molecule has 0 aliphatic carbocycles. The fourth-order valence-corrected chi connectivity index (χ4v) is 4.93. The van der Waals surface area contributed by atoms with Gasteiger partial charge >= 0.3 is 12.1 Å². The van der Waals surface area contributed by atoms with E-state index in [-0.39, 0.29) is 25.6 Å². The van der Waals surface area contributed by atoms with Gasteiger partial charge in [0, 0.05) is 25.1 Å². The van der Waals surface area contributed by atoms with Crippen LogP contribution < -0.4 is 10.6 Å². The summed E-state index contributed by atoms with van der Waals surface area (Å²) in [6.07, 6.45) is 0.0146. The molecule has 0 unspecified atom stereocenters. The fourth-order valence-electron chi connectivity index (χ4n) is 4.93. The lowest BCUT2D eigenvalue weighted by atomic mass is 10.1. The lowest BCUT2D eigenvalue weighted by Gasteiger charge is -2.22. The molecule has 5 rings (SSSR count). The van der Waals surface area contributed by atoms with Gasteiger partial charge in [-0.15, -0.1) is 0 Å². The molecule has 0 bridgehead atoms. The number of fused-ring (bicyclic) bond motifs is 1. The van der Waals surface area contributed by atoms with E-state index in [0.717, 1.165) is 27.7 Å². The molecule has 0 saturated heterocycles. The standard InChI is InChI=1S/C36H35N5O6/c42-33(20-17-25-9-3-1-4-10-25)41(23-32-38-29-13-7-8-14-30(29)39-32)22-26-15-18-28(19-16-26)34(43)37-21-31(35(44)45)40-36(46)47-24-27-11-5-2-6-12-27/h1-16,18-19,31H,17,20-24H2,(H,37,43)(H,38,39)(H,40,46)(H,44,45)/t31-/m1/s1. The summed E-state index contributed by atoms with van der Waals surface area (Å²) in [7, 11) is 0. The number of aromatic amines is 1. The van der Waals surface area contributed by atoms with Crippen LogP contribution in [-0.4, -0.2) is 56.4 Å². The number of hydrogen-bond donors (Lipinski definition) is 4. The van der Waals surface area contributed by atoms with Gasteiger partial charge in [-0.25, -0.2) is 14.6 Å². The van der Waals surface area contributed by atoms with Crippen molar-refractivity contribution >= 4 is 34.9 Å². The molecule has 4 aromatic carbocycles. The number of rotatable bonds is 14. The SMILES string of the molecule is O=C(N[C@H](CNC(=O)c1ccc(CN(Cc2nc3ccccc3[nH]2)C(=O)CCc2ccccc2)cc1)C(=O)O)OCc1ccccc1. The van der Waals surface area contributed by atoms with Gasteiger partial charge in [-0.1, -0.05) is 84.9 Å². The van der Waals surface area contributed by atoms with Gasteiger partial charge in [-0.3, -0.25) is 9.59 Å². The van der Waals surface area contributed by atoms with Gasteiger partial charge in [0.05, 0.1) is 17.6 Å². The Morgan fingerprint density at radius 3 is 2.13 bits per heavy atom. The molecule has 0 fully saturated rings. The number of carbonyl (C=O) groups is 4. The number of ether oxygens (including phenoxy) is 1. The largest absolute Gasteiger partial charge is 0.480 e. The molecule has 0 spiro atoms. The molecule has 11 nitrogen and oxygen atoms in total. The van der Waals surface area contributed by atoms with Crippen molar-refractivity contribution in [1.29, 1.82) is 0 Å². The van der Waals surface area contributed by atoms with Gasteiger partial charge < -0.3 is 30.4 Å². The van der Waals surface area contributed by atoms with E-state index in [1.54, 1.807) is 53.4 Å². The highest BCUT2D eigenvalue weighted by Gasteiger charge is 2.22. The molecule has 0 saturated carbocycles. The van der Waals surface area contributed by atoms with Crippen molar-refractivity contribution in [2.45, 2.75) is 38.6 Å². The van der Waals surface area contributed by atoms with E-state index >= 15 is 0 Å². The number of aryl methyl sites for hydroxylation is 1. The first-order valence-electron chi connectivity index (χ1n) is 15.2. The van der Waals surface area contributed by atoms with E-state index in [1.807, 2.05) is 60.7 Å². The third kappa shape index (κ3) is 9.51. The number of carboxylic acids is 1. The molecule has 1 heterocycles. The maximum Gasteiger partial charge on any atom is 0.408 e. The number of nitrogens with zero attached hydrogens (tertiary/aromatic N) is 2. The summed E-state index contributed by atoms with van der Waals surface area (Å²) < 4.78 is 5.09. The molecule has 5 aromatic rings. The zero-order chi connectivity index (χ0) is 33.0. The number of imidazole rings is 1. The molecule has 0 aliphatic heterocycles. The Hall–Kier alpha value is -5.97. The summed E-state index contributed by atoms with van der Waals surface area (Å²) in [5.41, 5.74) is 4.63. The average molecular weight is 634 g/mol. The van der Waals surface area contributed by atoms with Gasteiger partial charge in [-0.2, -0.15) is 0 Å². The monoisotopic (exact) mass is 633 g/mol. The fraction of sp³-hybridized carbons (Fsp3) is 0.194. The van der Waals surface area contributed by atoms with Gasteiger partial charge in [0.2, 0.25) is 5.91 Å². The molecule has 1 aromatic heterocycles. The van der Waals surface area contributed by atoms with Crippen LogP contribution in [0.25, 0.3) is 11.0 Å². The van der Waals surface area contributed by atoms with Crippen molar-refractivity contribution < 1.29 is 29.0 Å². The van der Waals surface area contributed by atoms with Crippen LogP contribution in [-0.2, 0) is 40.4 Å². The van der Waals surface area contributed by atoms with Crippen molar-refractivity contribution in [3.8, 4) is 0 Å². The number of amides is 3. The predicted molar refractivity (Wildman–Crippen MR) is 175 cm³/mol. The van der Waals surface area contributed by atoms with Crippen LogP contribution in [0.2, 0.25) is 0 Å². The molecule has 240 valence electrons. The summed E-state index contributed by atoms with van der Waals surface area (Å²) in [5.74, 6) is -1.20. The number of aromatic nitrogens is 2. The molecular formula is C36H35N5O6. The number of benzene rings is 4. The van der Waals surface area contributed by atoms with Crippen molar-refractivity contribution in [3.05, 3.63) is 137 Å². The van der Waals surface area contributed by atoms with Gasteiger partial charge in [0.1, 0.15) is 18.5 Å². The quantitative estimate of drug-likeness (QED) is 0.137. The van der Waals surface area contributed by atoms with Crippen LogP contribution in [0.1, 0.15) is 39.3 Å². The first-order chi connectivity index (χ1) is 22.8. The van der Waals surface area contributed by atoms with Crippen LogP contribution in [0, 0.1) is 0 Å². The average Bonchev–Trinajstić information content (AvgIpc) is 3.51. The second kappa shape index (κ2) is 15.8. The van der Waals surface area contributed by atoms with E-state index in [4.69, 9.17) is 4.74 Å². The molecule has 11 heteroatoms. The zero-order valence-electron chi connectivity index (χ0n) is 25.6. The van der Waals surface area contributed by atoms with Crippen molar-refractivity contribution in [2.75, 3.05) is 6.54 Å². The smallest absolute Gasteiger partial charge is 0.408 e. The van der Waals surface area contributed by atoms with Crippen LogP contribution in [0.3, 0.4) is 0 Å². The van der Waals surface area contributed by atoms with Crippen molar-refractivity contribution in [2.24, 2.45) is 0 Å². The van der Waals surface area contributed by atoms with E-state index in [2.05, 4.69) is 20.6 Å². The minimum Gasteiger partial charge on any atom is -0.480 e. The highest BCUT2D eigenvalue weighted by Crippen LogP contribution is 2.16. The van der Waals surface area contributed by atoms with E-state index in [0.29, 0.717) is 30.8 Å². The Morgan fingerprint density at radius 2 is 1.45 bits per heavy atom. The first-order valence-corrected chi connectivity index (χ1v) is 15.2. The van der Waals surface area contributed by atoms with Crippen LogP contribution in [0.15, 0.2) is 109 Å². The Balaban J connectivity index is 1.18. The summed E-state index contributed by atoms with van der Waals surface area (Å²) in [4.78, 5) is 59.8. The lowest BCUT2D eigenvalue weighted by Crippen LogP contribution is -2.48. The summed E-state index contributed by atoms with van der Waals surface area (Å²) in [6.45, 7) is 0.203. The van der Waals surface area contributed by atoms with Crippen LogP contribution >= 0.6 is 0 Å². The van der Waals surface area contributed by atoms with E-state index in [1.165, 1.54) is 0 Å². The third-order valence-corrected chi connectivity index (χ3v) is 7.46. The number of carbonyl (C=O) groups excluding carboxylic acids is 3. The number of H-pyrrole nitrogens is 1. The molecule has 1 atom stereocenters. The molecule has 47 heavy (non-hydrogen) atoms. The maximum atomic E-state index is 13.4. The lowest BCUT2D eigenvalue weighted by molar-refractivity contribution is -0.139. The summed E-state index contributed by atoms with van der Waals surface area (Å²) >= 11 is 0. The Morgan fingerprint density at radius 1 is 0.787 bits per heavy atom. The maximum absolute atomic E-state index is 13.4. The predicted octanol–water partition coefficient (Wildman–Crippen LogP) is 4.83. The zero-order valence-corrected chi connectivity index (χ0v) is 25.6. The third-order valence-electron chi connectivity index (χ3n) is 7.46. The number of aliphatic carboxylic acids is 1. The highest BCUT2D eigenvalue weighted by atomic mass is 16.5. The Kier molecular flexibility index (Phi) is 10.9. The van der Waals surface area contributed by atoms with E-state index < -0.39 is 24.0 Å². The van der Waals surface area contributed by atoms with Gasteiger partial charge in [0.25, 0.3) is 5.91 Å². The van der Waals surface area contributed by atoms with Crippen LogP contribution in [0.4, 0.5) is 4.79 Å². The first kappa shape index (κ1) is 32.4. The second-order valence-corrected chi connectivity index (χ2v) is 10.9. The molecular weight excluding hydrogens is 598 g/mol. The van der Waals surface area contributed by atoms with Crippen molar-refractivity contribution in [3.63, 3.8) is 0 Å². The number of nitrogens with one attached hydrogen (secondary N) is 3. The molecule has 3 amide bonds. The topological polar surface area (TPSA) is 154 Å². The van der Waals surface area contributed by atoms with Gasteiger partial charge in [0.15, 0.2) is 0 Å². The Bertz CT molecular complexity index is 1780. The van der Waals surface area contributed by atoms with E-state index in [9.17, 15) is 24.3 Å². The molecule has 0 aliphatic rings. The number of alkyl carbamates (subject to hydrolysis) is 1. The van der Waals surface area contributed by atoms with Crippen molar-refractivity contribution in [1.82, 2.24) is 25.5 Å². The highest BCUT2D eigenvalue weighted by molar-refractivity contribution is 5.94. The normalized spacial score (nSPS) is 11.4. The number of hydrogen-bond acceptors (Lipinski definition) is 6. The molecule has 0 radical (unpaired) electrons. The number of carboxylic acid groups (broad SMARTS) is 1. The Labute approximate surface area is 271 Å². The van der Waals surface area contributed by atoms with Gasteiger partial charge in [-0.05, 0) is 47.4 Å². The number of para-hydroxylation sites is 2. The minimum absolute atomic E-state index is 0.0218. The molecule has 4 N–H and O–H groups in total. The minimum atomic E-state index is -1.39.